The van der Waals surface area contributed by atoms with Crippen molar-refractivity contribution in [2.75, 3.05) is 6.61 Å². The number of ketones is 1. The number of carbonyl (C=O) groups is 3. The van der Waals surface area contributed by atoms with E-state index in [1.54, 1.807) is 24.3 Å². The lowest BCUT2D eigenvalue weighted by molar-refractivity contribution is -0.143. The van der Waals surface area contributed by atoms with Crippen molar-refractivity contribution in [2.24, 2.45) is 5.73 Å². The Balaban J connectivity index is 1.98. The number of primary amides is 1. The smallest absolute Gasteiger partial charge is 0.312 e. The summed E-state index contributed by atoms with van der Waals surface area (Å²) >= 11 is 5.80. The van der Waals surface area contributed by atoms with Crippen molar-refractivity contribution in [1.82, 2.24) is 5.32 Å². The fourth-order valence-corrected chi connectivity index (χ4v) is 2.37. The zero-order valence-corrected chi connectivity index (χ0v) is 14.6. The summed E-state index contributed by atoms with van der Waals surface area (Å²) in [5.74, 6) is -3.76. The normalized spacial score (nSPS) is 11.5. The van der Waals surface area contributed by atoms with E-state index in [0.717, 1.165) is 18.2 Å². The number of hydrogen-bond donors (Lipinski definition) is 2. The number of urea groups is 1. The van der Waals surface area contributed by atoms with Crippen LogP contribution in [0, 0.1) is 11.6 Å². The van der Waals surface area contributed by atoms with Crippen LogP contribution in [-0.2, 0) is 9.53 Å². The second kappa shape index (κ2) is 9.09. The Kier molecular flexibility index (Phi) is 6.84. The third-order valence-electron chi connectivity index (χ3n) is 3.57. The number of Topliss-reactive ketones (excluding diaryl/α,β-unsaturated/α-hetero) is 1. The molecule has 0 aliphatic rings. The number of benzene rings is 2. The third-order valence-corrected chi connectivity index (χ3v) is 3.82. The zero-order valence-electron chi connectivity index (χ0n) is 13.9. The van der Waals surface area contributed by atoms with E-state index in [2.05, 4.69) is 5.32 Å². The Hall–Kier alpha value is -3.00. The lowest BCUT2D eigenvalue weighted by Gasteiger charge is -2.17. The fourth-order valence-electron chi connectivity index (χ4n) is 2.24. The lowest BCUT2D eigenvalue weighted by Crippen LogP contribution is -2.34. The summed E-state index contributed by atoms with van der Waals surface area (Å²) in [6.07, 6.45) is -0.296. The minimum Gasteiger partial charge on any atom is -0.457 e. The van der Waals surface area contributed by atoms with Crippen LogP contribution in [0.4, 0.5) is 13.6 Å². The Morgan fingerprint density at radius 3 is 2.33 bits per heavy atom. The van der Waals surface area contributed by atoms with Gasteiger partial charge in [0.25, 0.3) is 0 Å². The molecule has 0 unspecified atom stereocenters. The molecule has 27 heavy (non-hydrogen) atoms. The number of rotatable bonds is 7. The largest absolute Gasteiger partial charge is 0.457 e. The standard InChI is InChI=1S/C18H15ClF2N2O4/c19-12-4-1-10(2-5-12)15(23-18(22)26)8-17(25)27-9-16(24)11-3-6-13(20)14(21)7-11/h1-7,15H,8-9H2,(H3,22,23,26)/t15-/m1/s1. The van der Waals surface area contributed by atoms with Crippen LogP contribution in [0.15, 0.2) is 42.5 Å². The number of amides is 2. The predicted molar refractivity (Wildman–Crippen MR) is 93.2 cm³/mol. The Morgan fingerprint density at radius 2 is 1.74 bits per heavy atom. The minimum atomic E-state index is -1.18. The molecule has 0 aromatic heterocycles. The van der Waals surface area contributed by atoms with Crippen LogP contribution in [0.2, 0.25) is 5.02 Å². The number of carbonyl (C=O) groups excluding carboxylic acids is 3. The van der Waals surface area contributed by atoms with Crippen LogP contribution < -0.4 is 11.1 Å². The summed E-state index contributed by atoms with van der Waals surface area (Å²) in [5.41, 5.74) is 5.54. The second-order valence-electron chi connectivity index (χ2n) is 5.53. The Morgan fingerprint density at radius 1 is 1.07 bits per heavy atom. The van der Waals surface area contributed by atoms with Gasteiger partial charge in [0.1, 0.15) is 0 Å². The van der Waals surface area contributed by atoms with E-state index in [1.165, 1.54) is 0 Å². The minimum absolute atomic E-state index is 0.133. The first-order valence-corrected chi connectivity index (χ1v) is 8.09. The highest BCUT2D eigenvalue weighted by Crippen LogP contribution is 2.20. The first kappa shape index (κ1) is 20.3. The van der Waals surface area contributed by atoms with Crippen molar-refractivity contribution in [3.05, 3.63) is 70.2 Å². The van der Waals surface area contributed by atoms with Crippen molar-refractivity contribution in [1.29, 1.82) is 0 Å². The van der Waals surface area contributed by atoms with E-state index in [1.807, 2.05) is 0 Å². The number of ether oxygens (including phenoxy) is 1. The van der Waals surface area contributed by atoms with Gasteiger partial charge in [-0.2, -0.15) is 0 Å². The van der Waals surface area contributed by atoms with Gasteiger partial charge in [-0.3, -0.25) is 9.59 Å². The summed E-state index contributed by atoms with van der Waals surface area (Å²) in [7, 11) is 0. The van der Waals surface area contributed by atoms with E-state index in [4.69, 9.17) is 22.1 Å². The molecule has 0 aliphatic carbocycles. The van der Waals surface area contributed by atoms with E-state index in [9.17, 15) is 23.2 Å². The number of nitrogens with two attached hydrogens (primary N) is 1. The molecule has 1 atom stereocenters. The van der Waals surface area contributed by atoms with Crippen LogP contribution in [0.25, 0.3) is 0 Å². The second-order valence-corrected chi connectivity index (χ2v) is 5.97. The lowest BCUT2D eigenvalue weighted by atomic mass is 10.0. The molecule has 0 saturated carbocycles. The molecular formula is C18H15ClF2N2O4. The molecule has 9 heteroatoms. The number of nitrogens with one attached hydrogen (secondary N) is 1. The average molecular weight is 397 g/mol. The first-order chi connectivity index (χ1) is 12.8. The molecule has 0 aliphatic heterocycles. The van der Waals surface area contributed by atoms with Crippen molar-refractivity contribution >= 4 is 29.4 Å². The van der Waals surface area contributed by atoms with E-state index in [0.29, 0.717) is 10.6 Å². The summed E-state index contributed by atoms with van der Waals surface area (Å²) < 4.78 is 30.9. The van der Waals surface area contributed by atoms with E-state index < -0.39 is 42.1 Å². The molecule has 3 N–H and O–H groups in total. The number of halogens is 3. The van der Waals surface area contributed by atoms with Crippen molar-refractivity contribution in [3.63, 3.8) is 0 Å². The van der Waals surface area contributed by atoms with Crippen LogP contribution in [0.1, 0.15) is 28.4 Å². The van der Waals surface area contributed by atoms with Gasteiger partial charge in [-0.1, -0.05) is 23.7 Å². The molecule has 2 aromatic carbocycles. The van der Waals surface area contributed by atoms with E-state index in [-0.39, 0.29) is 12.0 Å². The molecule has 0 spiro atoms. The Bertz CT molecular complexity index is 859. The highest BCUT2D eigenvalue weighted by atomic mass is 35.5. The van der Waals surface area contributed by atoms with Gasteiger partial charge in [-0.25, -0.2) is 13.6 Å². The molecule has 0 bridgehead atoms. The van der Waals surface area contributed by atoms with E-state index >= 15 is 0 Å². The molecule has 0 radical (unpaired) electrons. The van der Waals surface area contributed by atoms with Crippen LogP contribution >= 0.6 is 11.6 Å². The van der Waals surface area contributed by atoms with Crippen molar-refractivity contribution < 1.29 is 27.9 Å². The van der Waals surface area contributed by atoms with Gasteiger partial charge < -0.3 is 15.8 Å². The number of esters is 1. The molecule has 6 nitrogen and oxygen atoms in total. The summed E-state index contributed by atoms with van der Waals surface area (Å²) in [6.45, 7) is -0.659. The summed E-state index contributed by atoms with van der Waals surface area (Å²) in [4.78, 5) is 35.1. The van der Waals surface area contributed by atoms with Gasteiger partial charge in [-0.05, 0) is 35.9 Å². The Labute approximate surface area is 158 Å². The van der Waals surface area contributed by atoms with Gasteiger partial charge in [0.15, 0.2) is 24.0 Å². The van der Waals surface area contributed by atoms with Gasteiger partial charge in [0.05, 0.1) is 12.5 Å². The molecule has 2 aromatic rings. The summed E-state index contributed by atoms with van der Waals surface area (Å²) in [6, 6.07) is 7.32. The molecule has 2 amide bonds. The van der Waals surface area contributed by atoms with Gasteiger partial charge in [0, 0.05) is 10.6 Å². The highest BCUT2D eigenvalue weighted by molar-refractivity contribution is 6.30. The maximum Gasteiger partial charge on any atom is 0.312 e. The topological polar surface area (TPSA) is 98.5 Å². The van der Waals surface area contributed by atoms with Gasteiger partial charge >= 0.3 is 12.0 Å². The zero-order chi connectivity index (χ0) is 20.0. The predicted octanol–water partition coefficient (Wildman–Crippen LogP) is 3.14. The number of hydrogen-bond acceptors (Lipinski definition) is 4. The fraction of sp³-hybridized carbons (Fsp3) is 0.167. The summed E-state index contributed by atoms with van der Waals surface area (Å²) in [5, 5.41) is 2.87. The molecule has 0 fully saturated rings. The van der Waals surface area contributed by atoms with Crippen molar-refractivity contribution in [3.8, 4) is 0 Å². The third kappa shape index (κ3) is 6.03. The average Bonchev–Trinajstić information content (AvgIpc) is 2.61. The maximum absolute atomic E-state index is 13.2. The monoisotopic (exact) mass is 396 g/mol. The molecule has 142 valence electrons. The maximum atomic E-state index is 13.2. The van der Waals surface area contributed by atoms with Crippen LogP contribution in [0.5, 0.6) is 0 Å². The highest BCUT2D eigenvalue weighted by Gasteiger charge is 2.20. The SMILES string of the molecule is NC(=O)N[C@H](CC(=O)OCC(=O)c1ccc(F)c(F)c1)c1ccc(Cl)cc1. The molecule has 0 saturated heterocycles. The molecule has 2 rings (SSSR count). The molecule has 0 heterocycles. The van der Waals surface area contributed by atoms with Crippen molar-refractivity contribution in [2.45, 2.75) is 12.5 Å². The van der Waals surface area contributed by atoms with Gasteiger partial charge in [-0.15, -0.1) is 0 Å². The first-order valence-electron chi connectivity index (χ1n) is 7.71. The van der Waals surface area contributed by atoms with Crippen LogP contribution in [-0.4, -0.2) is 24.4 Å². The van der Waals surface area contributed by atoms with Crippen LogP contribution in [0.3, 0.4) is 0 Å². The quantitative estimate of drug-likeness (QED) is 0.554. The molecular weight excluding hydrogens is 382 g/mol. The van der Waals surface area contributed by atoms with Gasteiger partial charge in [0.2, 0.25) is 0 Å².